The Morgan fingerprint density at radius 3 is 2.15 bits per heavy atom. The van der Waals surface area contributed by atoms with Gasteiger partial charge in [-0.15, -0.1) is 0 Å². The first kappa shape index (κ1) is 42.0. The molecule has 0 aromatic carbocycles. The number of alkyl carbamates (subject to hydrolysis) is 1. The van der Waals surface area contributed by atoms with Crippen molar-refractivity contribution in [1.82, 2.24) is 10.2 Å². The van der Waals surface area contributed by atoms with E-state index in [1.165, 1.54) is 5.57 Å². The highest BCUT2D eigenvalue weighted by Gasteiger charge is 2.72. The third-order valence-electron chi connectivity index (χ3n) is 17.2. The van der Waals surface area contributed by atoms with Crippen LogP contribution < -0.4 is 5.32 Å². The number of fused-ring (bicyclic) bond motifs is 7. The van der Waals surface area contributed by atoms with E-state index in [0.717, 1.165) is 70.6 Å². The number of aliphatic carboxylic acids is 1. The first-order chi connectivity index (χ1) is 25.3. The third kappa shape index (κ3) is 7.16. The van der Waals surface area contributed by atoms with Crippen LogP contribution in [0.5, 0.6) is 0 Å². The highest BCUT2D eigenvalue weighted by Crippen LogP contribution is 2.77. The summed E-state index contributed by atoms with van der Waals surface area (Å²) in [4.78, 5) is 54.4. The largest absolute Gasteiger partial charge is 0.481 e. The molecule has 2 N–H and O–H groups in total. The van der Waals surface area contributed by atoms with E-state index >= 15 is 4.79 Å². The maximum atomic E-state index is 15.0. The molecular formula is C46H74N2O7. The lowest BCUT2D eigenvalue weighted by Gasteiger charge is -2.73. The number of allylic oxidation sites excluding steroid dienone is 1. The Morgan fingerprint density at radius 2 is 1.51 bits per heavy atom. The molecule has 6 aliphatic rings. The van der Waals surface area contributed by atoms with Gasteiger partial charge in [0.2, 0.25) is 5.91 Å². The fourth-order valence-electron chi connectivity index (χ4n) is 14.6. The Labute approximate surface area is 331 Å². The fraction of sp³-hybridized carbons (Fsp3) is 0.870. The van der Waals surface area contributed by atoms with Gasteiger partial charge in [0.25, 0.3) is 0 Å². The minimum Gasteiger partial charge on any atom is -0.481 e. The average Bonchev–Trinajstić information content (AvgIpc) is 3.66. The Kier molecular flexibility index (Phi) is 10.7. The molecule has 1 aliphatic heterocycles. The van der Waals surface area contributed by atoms with Crippen LogP contribution in [0.2, 0.25) is 0 Å². The zero-order valence-corrected chi connectivity index (χ0v) is 36.2. The second-order valence-corrected chi connectivity index (χ2v) is 22.5. The van der Waals surface area contributed by atoms with Crippen LogP contribution in [-0.2, 0) is 23.9 Å². The topological polar surface area (TPSA) is 122 Å². The van der Waals surface area contributed by atoms with E-state index in [-0.39, 0.29) is 63.9 Å². The molecule has 9 nitrogen and oxygen atoms in total. The number of rotatable bonds is 8. The quantitative estimate of drug-likeness (QED) is 0.186. The minimum absolute atomic E-state index is 0.0633. The molecule has 0 aromatic heterocycles. The van der Waals surface area contributed by atoms with E-state index in [4.69, 9.17) is 9.47 Å². The van der Waals surface area contributed by atoms with Crippen molar-refractivity contribution < 1.29 is 33.8 Å². The van der Waals surface area contributed by atoms with Gasteiger partial charge in [0.1, 0.15) is 11.7 Å². The highest BCUT2D eigenvalue weighted by atomic mass is 16.6. The number of likely N-dealkylation sites (tertiary alicyclic amines) is 1. The van der Waals surface area contributed by atoms with E-state index in [9.17, 15) is 19.5 Å². The SMILES string of the molecule is C=C(C)[C@@H]1CC[C@]2(C(=O)N3CC[C@@H](NC(=O)OC(C)(C)C)C3)CC[C@]3(C)[C@H](CC[C@@H]4[C@@]5(C)CC[C@H](OC(=O)CC(C)(C)CC(=O)O)C(C)(C)[C@@H]5CC[C@]43C)[C@@H]12. The summed E-state index contributed by atoms with van der Waals surface area (Å²) in [7, 11) is 0. The Balaban J connectivity index is 1.21. The smallest absolute Gasteiger partial charge is 0.407 e. The van der Waals surface area contributed by atoms with Crippen LogP contribution in [-0.4, -0.2) is 64.8 Å². The highest BCUT2D eigenvalue weighted by molar-refractivity contribution is 5.84. The standard InChI is InChI=1S/C46H74N2O7/c1-28(2)30-15-21-46(38(52)48-24-18-29(27-48)47-39(53)55-40(3,4)5)23-22-44(11)31(37(30)46)13-14-33-43(10)19-17-34(42(8,9)32(43)16-20-45(33,44)12)54-36(51)26-41(6,7)25-35(49)50/h29-34,37H,1,13-27H2,2-12H3,(H,47,53)(H,49,50)/t29-,30+,31-,32+,33-,34+,37-,43+,44-,45-,46+/m1/s1. The number of esters is 1. The average molecular weight is 767 g/mol. The van der Waals surface area contributed by atoms with Crippen molar-refractivity contribution >= 4 is 23.9 Å². The molecule has 0 radical (unpaired) electrons. The van der Waals surface area contributed by atoms with Crippen LogP contribution in [0.4, 0.5) is 4.79 Å². The van der Waals surface area contributed by atoms with Gasteiger partial charge < -0.3 is 24.8 Å². The number of carboxylic acids is 1. The van der Waals surface area contributed by atoms with Crippen molar-refractivity contribution in [3.05, 3.63) is 12.2 Å². The van der Waals surface area contributed by atoms with Gasteiger partial charge in [-0.25, -0.2) is 4.79 Å². The van der Waals surface area contributed by atoms with Crippen LogP contribution >= 0.6 is 0 Å². The predicted octanol–water partition coefficient (Wildman–Crippen LogP) is 9.57. The van der Waals surface area contributed by atoms with E-state index in [2.05, 4.69) is 58.3 Å². The summed E-state index contributed by atoms with van der Waals surface area (Å²) in [5.41, 5.74) is -0.274. The van der Waals surface area contributed by atoms with E-state index in [1.807, 2.05) is 34.6 Å². The summed E-state index contributed by atoms with van der Waals surface area (Å²) in [5.74, 6) is 1.12. The molecule has 0 unspecified atom stereocenters. The van der Waals surface area contributed by atoms with Gasteiger partial charge in [-0.05, 0) is 150 Å². The van der Waals surface area contributed by atoms with Crippen molar-refractivity contribution in [2.24, 2.45) is 62.1 Å². The lowest BCUT2D eigenvalue weighted by molar-refractivity contribution is -0.250. The Hall–Kier alpha value is -2.58. The van der Waals surface area contributed by atoms with Crippen LogP contribution in [0.3, 0.4) is 0 Å². The number of nitrogens with one attached hydrogen (secondary N) is 1. The second kappa shape index (κ2) is 14.1. The number of carbonyl (C=O) groups is 4. The molecule has 2 amide bonds. The Morgan fingerprint density at radius 1 is 0.818 bits per heavy atom. The monoisotopic (exact) mass is 767 g/mol. The third-order valence-corrected chi connectivity index (χ3v) is 17.2. The number of carbonyl (C=O) groups excluding carboxylic acids is 3. The van der Waals surface area contributed by atoms with Crippen LogP contribution in [0.1, 0.15) is 160 Å². The van der Waals surface area contributed by atoms with Crippen molar-refractivity contribution in [1.29, 1.82) is 0 Å². The number of nitrogens with zero attached hydrogens (tertiary/aromatic N) is 1. The maximum Gasteiger partial charge on any atom is 0.407 e. The van der Waals surface area contributed by atoms with Crippen LogP contribution in [0.15, 0.2) is 12.2 Å². The van der Waals surface area contributed by atoms with E-state index < -0.39 is 23.1 Å². The minimum atomic E-state index is -0.895. The summed E-state index contributed by atoms with van der Waals surface area (Å²) in [6.45, 7) is 29.6. The van der Waals surface area contributed by atoms with Gasteiger partial charge in [-0.2, -0.15) is 0 Å². The normalized spacial score (nSPS) is 40.9. The fourth-order valence-corrected chi connectivity index (χ4v) is 14.6. The van der Waals surface area contributed by atoms with Crippen molar-refractivity contribution in [3.8, 4) is 0 Å². The van der Waals surface area contributed by atoms with Gasteiger partial charge in [0.05, 0.1) is 24.3 Å². The maximum absolute atomic E-state index is 15.0. The molecule has 6 fully saturated rings. The molecule has 0 bridgehead atoms. The summed E-state index contributed by atoms with van der Waals surface area (Å²) < 4.78 is 11.8. The summed E-state index contributed by atoms with van der Waals surface area (Å²) >= 11 is 0. The van der Waals surface area contributed by atoms with Gasteiger partial charge in [0.15, 0.2) is 0 Å². The van der Waals surface area contributed by atoms with Gasteiger partial charge >= 0.3 is 18.0 Å². The first-order valence-corrected chi connectivity index (χ1v) is 21.7. The molecule has 1 heterocycles. The lowest BCUT2D eigenvalue weighted by Crippen LogP contribution is -2.67. The molecule has 6 rings (SSSR count). The molecule has 1 saturated heterocycles. The zero-order valence-electron chi connectivity index (χ0n) is 36.2. The van der Waals surface area contributed by atoms with Gasteiger partial charge in [-0.3, -0.25) is 14.4 Å². The van der Waals surface area contributed by atoms with Gasteiger partial charge in [-0.1, -0.05) is 60.6 Å². The van der Waals surface area contributed by atoms with E-state index in [0.29, 0.717) is 42.7 Å². The summed E-state index contributed by atoms with van der Waals surface area (Å²) in [6.07, 6.45) is 10.5. The molecular weight excluding hydrogens is 693 g/mol. The number of carboxylic acid groups (broad SMARTS) is 1. The summed E-state index contributed by atoms with van der Waals surface area (Å²) in [6, 6.07) is -0.0993. The number of hydrogen-bond acceptors (Lipinski definition) is 6. The van der Waals surface area contributed by atoms with E-state index in [1.54, 1.807) is 0 Å². The molecule has 5 saturated carbocycles. The van der Waals surface area contributed by atoms with Gasteiger partial charge in [0, 0.05) is 18.5 Å². The summed E-state index contributed by atoms with van der Waals surface area (Å²) in [5, 5.41) is 12.4. The van der Waals surface area contributed by atoms with Crippen LogP contribution in [0, 0.1) is 62.1 Å². The Bertz CT molecular complexity index is 1560. The molecule has 310 valence electrons. The number of amides is 2. The van der Waals surface area contributed by atoms with Crippen molar-refractivity contribution in [2.75, 3.05) is 13.1 Å². The van der Waals surface area contributed by atoms with Crippen LogP contribution in [0.25, 0.3) is 0 Å². The zero-order chi connectivity index (χ0) is 40.7. The number of ether oxygens (including phenoxy) is 2. The van der Waals surface area contributed by atoms with Crippen molar-refractivity contribution in [2.45, 2.75) is 177 Å². The second-order valence-electron chi connectivity index (χ2n) is 22.5. The molecule has 11 atom stereocenters. The van der Waals surface area contributed by atoms with Crippen molar-refractivity contribution in [3.63, 3.8) is 0 Å². The molecule has 9 heteroatoms. The predicted molar refractivity (Wildman–Crippen MR) is 214 cm³/mol. The number of hydrogen-bond donors (Lipinski definition) is 2. The molecule has 0 spiro atoms. The molecule has 5 aliphatic carbocycles. The molecule has 55 heavy (non-hydrogen) atoms. The molecule has 0 aromatic rings. The first-order valence-electron chi connectivity index (χ1n) is 21.7. The lowest BCUT2D eigenvalue weighted by atomic mass is 9.32.